The van der Waals surface area contributed by atoms with E-state index in [-0.39, 0.29) is 24.8 Å². The molecule has 7 heteroatoms. The highest BCUT2D eigenvalue weighted by molar-refractivity contribution is 5.99. The van der Waals surface area contributed by atoms with Gasteiger partial charge < -0.3 is 19.7 Å². The fourth-order valence-electron chi connectivity index (χ4n) is 3.43. The summed E-state index contributed by atoms with van der Waals surface area (Å²) in [6.45, 7) is 4.16. The van der Waals surface area contributed by atoms with Crippen LogP contribution in [0.5, 0.6) is 5.75 Å². The minimum Gasteiger partial charge on any atom is -0.497 e. The number of methoxy groups -OCH3 is 1. The molecule has 3 rings (SSSR count). The number of ether oxygens (including phenoxy) is 2. The maximum Gasteiger partial charge on any atom is 0.312 e. The van der Waals surface area contributed by atoms with Crippen molar-refractivity contribution in [1.29, 1.82) is 0 Å². The summed E-state index contributed by atoms with van der Waals surface area (Å²) in [5, 5.41) is 2.75. The highest BCUT2D eigenvalue weighted by Crippen LogP contribution is 2.26. The molecular weight excluding hydrogens is 396 g/mol. The highest BCUT2D eigenvalue weighted by Gasteiger charge is 2.37. The first-order chi connectivity index (χ1) is 14.9. The van der Waals surface area contributed by atoms with E-state index in [4.69, 9.17) is 9.47 Å². The molecule has 0 bridgehead atoms. The molecule has 164 valence electrons. The minimum atomic E-state index is -0.946. The molecule has 2 atom stereocenters. The molecule has 1 fully saturated rings. The lowest BCUT2D eigenvalue weighted by atomic mass is 10.1. The number of hydrogen-bond donors (Lipinski definition) is 1. The molecule has 0 radical (unpaired) electrons. The van der Waals surface area contributed by atoms with Gasteiger partial charge in [-0.25, -0.2) is 0 Å². The Kier molecular flexibility index (Phi) is 7.28. The molecule has 7 nitrogen and oxygen atoms in total. The zero-order valence-corrected chi connectivity index (χ0v) is 18.1. The van der Waals surface area contributed by atoms with Crippen LogP contribution >= 0.6 is 0 Å². The number of benzene rings is 2. The number of esters is 1. The molecule has 1 heterocycles. The number of nitrogens with one attached hydrogen (secondary N) is 1. The number of amides is 2. The average Bonchev–Trinajstić information content (AvgIpc) is 3.19. The van der Waals surface area contributed by atoms with Crippen LogP contribution in [0.15, 0.2) is 48.5 Å². The largest absolute Gasteiger partial charge is 0.497 e. The molecule has 2 aromatic carbocycles. The van der Waals surface area contributed by atoms with Gasteiger partial charge >= 0.3 is 5.97 Å². The van der Waals surface area contributed by atoms with Crippen molar-refractivity contribution in [3.05, 3.63) is 59.7 Å². The Labute approximate surface area is 182 Å². The topological polar surface area (TPSA) is 84.9 Å². The Morgan fingerprint density at radius 2 is 1.74 bits per heavy atom. The number of anilines is 1. The molecule has 1 aliphatic heterocycles. The van der Waals surface area contributed by atoms with Gasteiger partial charge in [0, 0.05) is 25.2 Å². The molecule has 31 heavy (non-hydrogen) atoms. The normalized spacial score (nSPS) is 16.7. The molecule has 0 unspecified atom stereocenters. The first-order valence-electron chi connectivity index (χ1n) is 10.4. The Balaban J connectivity index is 1.50. The number of carbonyl (C=O) groups excluding carboxylic acids is 3. The standard InChI is InChI=1S/C24H28N2O5/c1-4-17-5-9-20(10-6-17)26-15-19(13-22(26)27)24(29)31-16(2)23(28)25-14-18-7-11-21(30-3)12-8-18/h5-12,16,19H,4,13-15H2,1-3H3,(H,25,28)/t16-,19-/m0/s1. The van der Waals surface area contributed by atoms with E-state index in [1.165, 1.54) is 12.5 Å². The highest BCUT2D eigenvalue weighted by atomic mass is 16.5. The van der Waals surface area contributed by atoms with Crippen LogP contribution in [0.4, 0.5) is 5.69 Å². The lowest BCUT2D eigenvalue weighted by Crippen LogP contribution is -2.37. The van der Waals surface area contributed by atoms with E-state index in [1.807, 2.05) is 48.5 Å². The van der Waals surface area contributed by atoms with Crippen LogP contribution in [-0.4, -0.2) is 37.5 Å². The van der Waals surface area contributed by atoms with Gasteiger partial charge in [0.25, 0.3) is 5.91 Å². The van der Waals surface area contributed by atoms with Crippen molar-refractivity contribution in [2.75, 3.05) is 18.6 Å². The zero-order chi connectivity index (χ0) is 22.4. The van der Waals surface area contributed by atoms with E-state index in [0.717, 1.165) is 23.4 Å². The van der Waals surface area contributed by atoms with E-state index < -0.39 is 18.0 Å². The van der Waals surface area contributed by atoms with Crippen LogP contribution in [0, 0.1) is 5.92 Å². The lowest BCUT2D eigenvalue weighted by molar-refractivity contribution is -0.158. The van der Waals surface area contributed by atoms with Gasteiger partial charge in [-0.1, -0.05) is 31.2 Å². The summed E-state index contributed by atoms with van der Waals surface area (Å²) in [7, 11) is 1.59. The molecule has 1 saturated heterocycles. The summed E-state index contributed by atoms with van der Waals surface area (Å²) < 4.78 is 10.4. The van der Waals surface area contributed by atoms with Crippen molar-refractivity contribution >= 4 is 23.5 Å². The summed E-state index contributed by atoms with van der Waals surface area (Å²) in [5.74, 6) is -0.898. The van der Waals surface area contributed by atoms with Gasteiger partial charge in [0.15, 0.2) is 6.10 Å². The van der Waals surface area contributed by atoms with Crippen LogP contribution in [0.3, 0.4) is 0 Å². The third-order valence-electron chi connectivity index (χ3n) is 5.40. The lowest BCUT2D eigenvalue weighted by Gasteiger charge is -2.18. The molecule has 0 saturated carbocycles. The maximum absolute atomic E-state index is 12.5. The predicted octanol–water partition coefficient (Wildman–Crippen LogP) is 2.86. The predicted molar refractivity (Wildman–Crippen MR) is 117 cm³/mol. The third-order valence-corrected chi connectivity index (χ3v) is 5.40. The average molecular weight is 424 g/mol. The molecule has 1 N–H and O–H groups in total. The summed E-state index contributed by atoms with van der Waals surface area (Å²) >= 11 is 0. The van der Waals surface area contributed by atoms with Crippen molar-refractivity contribution in [2.24, 2.45) is 5.92 Å². The van der Waals surface area contributed by atoms with Crippen LogP contribution in [-0.2, 0) is 32.1 Å². The second-order valence-electron chi connectivity index (χ2n) is 7.57. The van der Waals surface area contributed by atoms with E-state index in [2.05, 4.69) is 12.2 Å². The summed E-state index contributed by atoms with van der Waals surface area (Å²) in [4.78, 5) is 38.8. The second-order valence-corrected chi connectivity index (χ2v) is 7.57. The number of carbonyl (C=O) groups is 3. The first-order valence-corrected chi connectivity index (χ1v) is 10.4. The smallest absolute Gasteiger partial charge is 0.312 e. The van der Waals surface area contributed by atoms with Crippen molar-refractivity contribution in [3.8, 4) is 5.75 Å². The van der Waals surface area contributed by atoms with Crippen LogP contribution in [0.25, 0.3) is 0 Å². The van der Waals surface area contributed by atoms with Gasteiger partial charge in [0.05, 0.1) is 13.0 Å². The Morgan fingerprint density at radius 1 is 1.10 bits per heavy atom. The molecule has 0 spiro atoms. The number of rotatable bonds is 8. The van der Waals surface area contributed by atoms with E-state index in [0.29, 0.717) is 6.54 Å². The van der Waals surface area contributed by atoms with Crippen molar-refractivity contribution in [2.45, 2.75) is 39.3 Å². The number of aryl methyl sites for hydroxylation is 1. The minimum absolute atomic E-state index is 0.0779. The third kappa shape index (κ3) is 5.63. The maximum atomic E-state index is 12.5. The summed E-state index contributed by atoms with van der Waals surface area (Å²) in [6, 6.07) is 15.0. The Hall–Kier alpha value is -3.35. The zero-order valence-electron chi connectivity index (χ0n) is 18.1. The van der Waals surface area contributed by atoms with Gasteiger partial charge in [-0.3, -0.25) is 14.4 Å². The molecule has 0 aliphatic carbocycles. The van der Waals surface area contributed by atoms with Crippen molar-refractivity contribution < 1.29 is 23.9 Å². The van der Waals surface area contributed by atoms with Gasteiger partial charge in [-0.15, -0.1) is 0 Å². The number of nitrogens with zero attached hydrogens (tertiary/aromatic N) is 1. The summed E-state index contributed by atoms with van der Waals surface area (Å²) in [6.07, 6.45) is 0.0506. The molecule has 2 amide bonds. The van der Waals surface area contributed by atoms with E-state index in [1.54, 1.807) is 12.0 Å². The van der Waals surface area contributed by atoms with Crippen LogP contribution in [0.2, 0.25) is 0 Å². The van der Waals surface area contributed by atoms with Gasteiger partial charge in [0.1, 0.15) is 5.75 Å². The molecule has 1 aliphatic rings. The fourth-order valence-corrected chi connectivity index (χ4v) is 3.43. The first kappa shape index (κ1) is 22.3. The quantitative estimate of drug-likeness (QED) is 0.659. The second kappa shape index (κ2) is 10.1. The Bertz CT molecular complexity index is 924. The van der Waals surface area contributed by atoms with Crippen molar-refractivity contribution in [3.63, 3.8) is 0 Å². The van der Waals surface area contributed by atoms with Gasteiger partial charge in [0.2, 0.25) is 5.91 Å². The molecule has 0 aromatic heterocycles. The van der Waals surface area contributed by atoms with E-state index >= 15 is 0 Å². The SMILES string of the molecule is CCc1ccc(N2C[C@@H](C(=O)O[C@@H](C)C(=O)NCc3ccc(OC)cc3)CC2=O)cc1. The van der Waals surface area contributed by atoms with Crippen LogP contribution in [0.1, 0.15) is 31.4 Å². The fraction of sp³-hybridized carbons (Fsp3) is 0.375. The molecular formula is C24H28N2O5. The van der Waals surface area contributed by atoms with Gasteiger partial charge in [-0.2, -0.15) is 0 Å². The number of hydrogen-bond acceptors (Lipinski definition) is 5. The van der Waals surface area contributed by atoms with Crippen molar-refractivity contribution in [1.82, 2.24) is 5.32 Å². The molecule has 2 aromatic rings. The monoisotopic (exact) mass is 424 g/mol. The Morgan fingerprint density at radius 3 is 2.35 bits per heavy atom. The summed E-state index contributed by atoms with van der Waals surface area (Å²) in [5.41, 5.74) is 2.85. The van der Waals surface area contributed by atoms with E-state index in [9.17, 15) is 14.4 Å². The van der Waals surface area contributed by atoms with Gasteiger partial charge in [-0.05, 0) is 48.7 Å². The van der Waals surface area contributed by atoms with Crippen LogP contribution < -0.4 is 15.0 Å².